The molecule has 0 saturated carbocycles. The second-order valence-corrected chi connectivity index (χ2v) is 7.53. The highest BCUT2D eigenvalue weighted by molar-refractivity contribution is 6.32. The number of allylic oxidation sites excluding steroid dienone is 1. The molecule has 0 spiro atoms. The second-order valence-electron chi connectivity index (χ2n) is 7.12. The van der Waals surface area contributed by atoms with Crippen molar-refractivity contribution < 1.29 is 28.4 Å². The van der Waals surface area contributed by atoms with E-state index >= 15 is 0 Å². The van der Waals surface area contributed by atoms with E-state index in [1.54, 1.807) is 57.7 Å². The molecule has 0 unspecified atom stereocenters. The fourth-order valence-electron chi connectivity index (χ4n) is 3.35. The fourth-order valence-corrected chi connectivity index (χ4v) is 3.62. The molecule has 0 saturated heterocycles. The lowest BCUT2D eigenvalue weighted by Crippen LogP contribution is -2.10. The zero-order chi connectivity index (χ0) is 25.2. The smallest absolute Gasteiger partial charge is 0.179 e. The highest BCUT2D eigenvalue weighted by Crippen LogP contribution is 2.38. The third-order valence-corrected chi connectivity index (χ3v) is 5.31. The van der Waals surface area contributed by atoms with Crippen LogP contribution in [0.3, 0.4) is 0 Å². The van der Waals surface area contributed by atoms with E-state index in [4.69, 9.17) is 40.0 Å². The first-order valence-electron chi connectivity index (χ1n) is 10.6. The van der Waals surface area contributed by atoms with E-state index in [0.29, 0.717) is 56.2 Å². The van der Waals surface area contributed by atoms with Gasteiger partial charge in [-0.2, -0.15) is 5.26 Å². The molecule has 0 N–H and O–H groups in total. The maximum absolute atomic E-state index is 9.75. The molecule has 0 atom stereocenters. The van der Waals surface area contributed by atoms with Gasteiger partial charge in [-0.15, -0.1) is 0 Å². The van der Waals surface area contributed by atoms with E-state index in [1.807, 2.05) is 24.3 Å². The van der Waals surface area contributed by atoms with Crippen LogP contribution in [-0.4, -0.2) is 41.7 Å². The molecule has 35 heavy (non-hydrogen) atoms. The summed E-state index contributed by atoms with van der Waals surface area (Å²) < 4.78 is 33.0. The minimum atomic E-state index is 0.235. The third-order valence-electron chi connectivity index (χ3n) is 5.03. The first kappa shape index (κ1) is 25.6. The van der Waals surface area contributed by atoms with Gasteiger partial charge in [0.05, 0.1) is 45.1 Å². The summed E-state index contributed by atoms with van der Waals surface area (Å²) in [4.78, 5) is 0. The molecule has 7 nitrogen and oxygen atoms in total. The molecule has 3 aromatic rings. The summed E-state index contributed by atoms with van der Waals surface area (Å²) in [6.45, 7) is 0.512. The van der Waals surface area contributed by atoms with Crippen molar-refractivity contribution in [1.29, 1.82) is 5.26 Å². The molecule has 0 heterocycles. The van der Waals surface area contributed by atoms with Crippen LogP contribution in [0.2, 0.25) is 5.02 Å². The number of rotatable bonds is 11. The number of hydrogen-bond donors (Lipinski definition) is 0. The quantitative estimate of drug-likeness (QED) is 0.186. The van der Waals surface area contributed by atoms with E-state index in [1.165, 1.54) is 7.11 Å². The summed E-state index contributed by atoms with van der Waals surface area (Å²) in [5, 5.41) is 10.1. The molecule has 8 heteroatoms. The maximum atomic E-state index is 9.75. The molecule has 0 amide bonds. The molecule has 0 fully saturated rings. The molecule has 0 bridgehead atoms. The first-order valence-corrected chi connectivity index (χ1v) is 11.0. The summed E-state index contributed by atoms with van der Waals surface area (Å²) in [5.74, 6) is 3.19. The van der Waals surface area contributed by atoms with Gasteiger partial charge in [0.1, 0.15) is 13.2 Å². The predicted molar refractivity (Wildman–Crippen MR) is 135 cm³/mol. The van der Waals surface area contributed by atoms with E-state index in [0.717, 1.165) is 0 Å². The number of hydrogen-bond acceptors (Lipinski definition) is 7. The van der Waals surface area contributed by atoms with Gasteiger partial charge in [-0.25, -0.2) is 0 Å². The van der Waals surface area contributed by atoms with Crippen molar-refractivity contribution in [2.45, 2.75) is 0 Å². The van der Waals surface area contributed by atoms with E-state index < -0.39 is 0 Å². The summed E-state index contributed by atoms with van der Waals surface area (Å²) in [6.07, 6.45) is 1.71. The predicted octanol–water partition coefficient (Wildman–Crippen LogP) is 5.90. The second kappa shape index (κ2) is 12.4. The Morgan fingerprint density at radius 1 is 0.771 bits per heavy atom. The van der Waals surface area contributed by atoms with Gasteiger partial charge >= 0.3 is 0 Å². The van der Waals surface area contributed by atoms with Crippen LogP contribution in [0.4, 0.5) is 0 Å². The molecule has 3 aromatic carbocycles. The minimum Gasteiger partial charge on any atom is -0.493 e. The Morgan fingerprint density at radius 3 is 2.06 bits per heavy atom. The van der Waals surface area contributed by atoms with E-state index in [2.05, 4.69) is 6.07 Å². The average molecular weight is 496 g/mol. The molecular weight excluding hydrogens is 470 g/mol. The summed E-state index contributed by atoms with van der Waals surface area (Å²) in [7, 11) is 6.21. The number of ether oxygens (including phenoxy) is 6. The van der Waals surface area contributed by atoms with Gasteiger partial charge in [-0.3, -0.25) is 0 Å². The van der Waals surface area contributed by atoms with Crippen LogP contribution in [0.5, 0.6) is 34.5 Å². The largest absolute Gasteiger partial charge is 0.493 e. The highest BCUT2D eigenvalue weighted by atomic mass is 35.5. The van der Waals surface area contributed by atoms with E-state index in [9.17, 15) is 5.26 Å². The Bertz CT molecular complexity index is 1230. The molecule has 0 radical (unpaired) electrons. The van der Waals surface area contributed by atoms with Gasteiger partial charge in [-0.05, 0) is 59.7 Å². The van der Waals surface area contributed by atoms with Crippen LogP contribution >= 0.6 is 11.6 Å². The Balaban J connectivity index is 1.77. The molecule has 0 aliphatic heterocycles. The lowest BCUT2D eigenvalue weighted by Gasteiger charge is -2.15. The highest BCUT2D eigenvalue weighted by Gasteiger charge is 2.14. The van der Waals surface area contributed by atoms with Crippen LogP contribution in [0, 0.1) is 11.3 Å². The number of nitriles is 1. The van der Waals surface area contributed by atoms with Crippen molar-refractivity contribution in [1.82, 2.24) is 0 Å². The molecule has 0 aromatic heterocycles. The lowest BCUT2D eigenvalue weighted by atomic mass is 10.0. The standard InChI is InChI=1S/C27H26ClNO6/c1-30-22-7-5-6-8-24(22)34-11-12-35-27-21(28)14-18(15-26(27)33-4)13-20(17-29)19-9-10-23(31-2)25(16-19)32-3/h5-10,13-16H,11-12H2,1-4H3/b20-13+. The van der Waals surface area contributed by atoms with Crippen molar-refractivity contribution in [3.63, 3.8) is 0 Å². The van der Waals surface area contributed by atoms with Crippen molar-refractivity contribution >= 4 is 23.3 Å². The van der Waals surface area contributed by atoms with Crippen LogP contribution in [-0.2, 0) is 0 Å². The maximum Gasteiger partial charge on any atom is 0.179 e. The Morgan fingerprint density at radius 2 is 1.40 bits per heavy atom. The zero-order valence-corrected chi connectivity index (χ0v) is 20.7. The van der Waals surface area contributed by atoms with Gasteiger partial charge < -0.3 is 28.4 Å². The zero-order valence-electron chi connectivity index (χ0n) is 20.0. The molecule has 3 rings (SSSR count). The number of benzene rings is 3. The van der Waals surface area contributed by atoms with Crippen molar-refractivity contribution in [2.24, 2.45) is 0 Å². The number of nitrogens with zero attached hydrogens (tertiary/aromatic N) is 1. The van der Waals surface area contributed by atoms with Gasteiger partial charge in [0, 0.05) is 0 Å². The molecule has 0 aliphatic carbocycles. The van der Waals surface area contributed by atoms with Crippen molar-refractivity contribution in [2.75, 3.05) is 41.7 Å². The Hall–Kier alpha value is -4.02. The normalized spacial score (nSPS) is 10.8. The van der Waals surface area contributed by atoms with Crippen LogP contribution in [0.25, 0.3) is 11.6 Å². The summed E-state index contributed by atoms with van der Waals surface area (Å²) in [6, 6.07) is 18.3. The van der Waals surface area contributed by atoms with Gasteiger partial charge in [0.15, 0.2) is 34.5 Å². The van der Waals surface area contributed by atoms with Crippen molar-refractivity contribution in [3.05, 3.63) is 70.7 Å². The number of para-hydroxylation sites is 2. The van der Waals surface area contributed by atoms with E-state index in [-0.39, 0.29) is 13.2 Å². The average Bonchev–Trinajstić information content (AvgIpc) is 2.90. The topological polar surface area (TPSA) is 79.2 Å². The Kier molecular flexibility index (Phi) is 9.10. The first-order chi connectivity index (χ1) is 17.0. The summed E-state index contributed by atoms with van der Waals surface area (Å²) in [5.41, 5.74) is 1.77. The van der Waals surface area contributed by atoms with Gasteiger partial charge in [-0.1, -0.05) is 23.7 Å². The van der Waals surface area contributed by atoms with Crippen LogP contribution in [0.1, 0.15) is 11.1 Å². The number of halogens is 1. The number of methoxy groups -OCH3 is 4. The van der Waals surface area contributed by atoms with Crippen LogP contribution in [0.15, 0.2) is 54.6 Å². The van der Waals surface area contributed by atoms with Gasteiger partial charge in [0.25, 0.3) is 0 Å². The fraction of sp³-hybridized carbons (Fsp3) is 0.222. The van der Waals surface area contributed by atoms with Crippen LogP contribution < -0.4 is 28.4 Å². The molecular formula is C27H26ClNO6. The Labute approximate surface area is 210 Å². The SMILES string of the molecule is COc1ccc(/C(C#N)=C/c2cc(Cl)c(OCCOc3ccccc3OC)c(OC)c2)cc1OC. The minimum absolute atomic E-state index is 0.235. The van der Waals surface area contributed by atoms with Gasteiger partial charge in [0.2, 0.25) is 0 Å². The monoisotopic (exact) mass is 495 g/mol. The van der Waals surface area contributed by atoms with Crippen molar-refractivity contribution in [3.8, 4) is 40.6 Å². The molecule has 182 valence electrons. The molecule has 0 aliphatic rings. The third kappa shape index (κ3) is 6.31. The lowest BCUT2D eigenvalue weighted by molar-refractivity contribution is 0.206. The summed E-state index contributed by atoms with van der Waals surface area (Å²) >= 11 is 6.50.